The molecule has 0 heterocycles. The number of hydrogen-bond donors (Lipinski definition) is 2. The summed E-state index contributed by atoms with van der Waals surface area (Å²) < 4.78 is 4.11. The molecule has 0 unspecified atom stereocenters. The number of carbonyl (C=O) groups is 2. The maximum atomic E-state index is 10.3. The van der Waals surface area contributed by atoms with E-state index in [9.17, 15) is 9.59 Å². The summed E-state index contributed by atoms with van der Waals surface area (Å²) in [6.45, 7) is 0. The predicted octanol–water partition coefficient (Wildman–Crippen LogP) is -1.01. The van der Waals surface area contributed by atoms with Gasteiger partial charge in [0.1, 0.15) is 0 Å². The van der Waals surface area contributed by atoms with Crippen molar-refractivity contribution in [1.82, 2.24) is 0 Å². The fraction of sp³-hybridized carbons (Fsp3) is 0.600. The van der Waals surface area contributed by atoms with Crippen LogP contribution in [0.2, 0.25) is 0 Å². The van der Waals surface area contributed by atoms with Crippen molar-refractivity contribution in [3.8, 4) is 0 Å². The topological polar surface area (TPSA) is 83.8 Å². The normalized spacial score (nSPS) is 12.2. The average Bonchev–Trinajstić information content (AvgIpc) is 1.87. The lowest BCUT2D eigenvalue weighted by molar-refractivity contribution is -0.154. The van der Waals surface area contributed by atoms with Crippen molar-refractivity contribution < 1.29 is 24.5 Å². The number of hydrogen-bond acceptors (Lipinski definition) is 4. The van der Waals surface area contributed by atoms with Crippen LogP contribution in [0.3, 0.4) is 0 Å². The van der Waals surface area contributed by atoms with Crippen molar-refractivity contribution in [2.75, 3.05) is 7.11 Å². The van der Waals surface area contributed by atoms with Crippen molar-refractivity contribution in [2.24, 2.45) is 0 Å². The predicted molar refractivity (Wildman–Crippen MR) is 30.3 cm³/mol. The van der Waals surface area contributed by atoms with E-state index in [0.717, 1.165) is 7.11 Å². The molecule has 58 valence electrons. The molecule has 10 heavy (non-hydrogen) atoms. The highest BCUT2D eigenvalue weighted by molar-refractivity contribution is 5.80. The first kappa shape index (κ1) is 8.90. The highest BCUT2D eigenvalue weighted by atomic mass is 16.5. The molecule has 0 aromatic carbocycles. The van der Waals surface area contributed by atoms with Crippen LogP contribution in [0.5, 0.6) is 0 Å². The van der Waals surface area contributed by atoms with Gasteiger partial charge in [-0.1, -0.05) is 0 Å². The number of esters is 1. The lowest BCUT2D eigenvalue weighted by atomic mass is 10.3. The molecule has 0 aliphatic rings. The van der Waals surface area contributed by atoms with Gasteiger partial charge in [0.05, 0.1) is 13.5 Å². The molecule has 0 aliphatic heterocycles. The zero-order valence-electron chi connectivity index (χ0n) is 5.40. The summed E-state index contributed by atoms with van der Waals surface area (Å²) in [6.07, 6.45) is -2.17. The van der Waals surface area contributed by atoms with Gasteiger partial charge in [-0.15, -0.1) is 0 Å². The Kier molecular flexibility index (Phi) is 3.42. The van der Waals surface area contributed by atoms with Gasteiger partial charge in [0, 0.05) is 0 Å². The molecule has 5 heteroatoms. The first-order valence-corrected chi connectivity index (χ1v) is 2.55. The third-order valence-electron chi connectivity index (χ3n) is 0.873. The molecule has 0 amide bonds. The Balaban J connectivity index is 3.68. The zero-order chi connectivity index (χ0) is 8.15. The van der Waals surface area contributed by atoms with E-state index in [4.69, 9.17) is 10.2 Å². The second-order valence-electron chi connectivity index (χ2n) is 1.63. The molecule has 0 radical (unpaired) electrons. The van der Waals surface area contributed by atoms with Crippen molar-refractivity contribution in [2.45, 2.75) is 12.5 Å². The minimum atomic E-state index is -1.66. The molecule has 0 spiro atoms. The molecule has 0 aromatic rings. The summed E-state index contributed by atoms with van der Waals surface area (Å²) in [7, 11) is 1.12. The SMILES string of the molecule is COC(=O)C[C@H](O)C(=O)O. The highest BCUT2D eigenvalue weighted by Crippen LogP contribution is 1.92. The number of carboxylic acids is 1. The minimum absolute atomic E-state index is 0.508. The van der Waals surface area contributed by atoms with Gasteiger partial charge >= 0.3 is 11.9 Å². The maximum Gasteiger partial charge on any atom is 0.333 e. The van der Waals surface area contributed by atoms with Crippen LogP contribution in [-0.4, -0.2) is 35.4 Å². The van der Waals surface area contributed by atoms with E-state index in [2.05, 4.69) is 4.74 Å². The number of aliphatic hydroxyl groups is 1. The van der Waals surface area contributed by atoms with Gasteiger partial charge in [0.25, 0.3) is 0 Å². The largest absolute Gasteiger partial charge is 0.479 e. The second kappa shape index (κ2) is 3.84. The van der Waals surface area contributed by atoms with Crippen LogP contribution >= 0.6 is 0 Å². The number of carbonyl (C=O) groups excluding carboxylic acids is 1. The van der Waals surface area contributed by atoms with E-state index >= 15 is 0 Å². The summed E-state index contributed by atoms with van der Waals surface area (Å²) in [5.74, 6) is -2.17. The summed E-state index contributed by atoms with van der Waals surface area (Å²) in [5.41, 5.74) is 0. The van der Waals surface area contributed by atoms with Crippen molar-refractivity contribution in [3.05, 3.63) is 0 Å². The summed E-state index contributed by atoms with van der Waals surface area (Å²) >= 11 is 0. The fourth-order valence-electron chi connectivity index (χ4n) is 0.329. The number of methoxy groups -OCH3 is 1. The van der Waals surface area contributed by atoms with Gasteiger partial charge in [-0.25, -0.2) is 4.79 Å². The summed E-state index contributed by atoms with van der Waals surface area (Å²) in [5, 5.41) is 16.6. The maximum absolute atomic E-state index is 10.3. The average molecular weight is 148 g/mol. The van der Waals surface area contributed by atoms with E-state index in [-0.39, 0.29) is 0 Å². The van der Waals surface area contributed by atoms with E-state index in [0.29, 0.717) is 0 Å². The summed E-state index contributed by atoms with van der Waals surface area (Å²) in [6, 6.07) is 0. The van der Waals surface area contributed by atoms with Crippen LogP contribution in [-0.2, 0) is 14.3 Å². The number of rotatable bonds is 3. The van der Waals surface area contributed by atoms with E-state index in [1.807, 2.05) is 0 Å². The van der Waals surface area contributed by atoms with Gasteiger partial charge in [0.2, 0.25) is 0 Å². The molecular formula is C5H8O5. The number of ether oxygens (including phenoxy) is 1. The molecular weight excluding hydrogens is 140 g/mol. The van der Waals surface area contributed by atoms with Gasteiger partial charge < -0.3 is 14.9 Å². The Labute approximate surface area is 57.2 Å². The molecule has 0 saturated heterocycles. The van der Waals surface area contributed by atoms with Crippen molar-refractivity contribution >= 4 is 11.9 Å². The molecule has 2 N–H and O–H groups in total. The van der Waals surface area contributed by atoms with E-state index < -0.39 is 24.5 Å². The molecule has 0 rings (SSSR count). The molecule has 5 nitrogen and oxygen atoms in total. The Morgan fingerprint density at radius 3 is 2.40 bits per heavy atom. The van der Waals surface area contributed by atoms with Gasteiger partial charge in [-0.05, 0) is 0 Å². The van der Waals surface area contributed by atoms with Crippen LogP contribution in [0.1, 0.15) is 6.42 Å². The molecule has 1 atom stereocenters. The molecule has 0 aliphatic carbocycles. The van der Waals surface area contributed by atoms with Crippen molar-refractivity contribution in [3.63, 3.8) is 0 Å². The summed E-state index contributed by atoms with van der Waals surface area (Å²) in [4.78, 5) is 20.2. The van der Waals surface area contributed by atoms with Gasteiger partial charge in [-0.3, -0.25) is 4.79 Å². The number of aliphatic carboxylic acids is 1. The Bertz CT molecular complexity index is 141. The number of aliphatic hydroxyl groups excluding tert-OH is 1. The monoisotopic (exact) mass is 148 g/mol. The van der Waals surface area contributed by atoms with Crippen LogP contribution in [0, 0.1) is 0 Å². The van der Waals surface area contributed by atoms with E-state index in [1.165, 1.54) is 0 Å². The Morgan fingerprint density at radius 2 is 2.10 bits per heavy atom. The molecule has 0 fully saturated rings. The highest BCUT2D eigenvalue weighted by Gasteiger charge is 2.17. The van der Waals surface area contributed by atoms with Crippen LogP contribution in [0.15, 0.2) is 0 Å². The first-order chi connectivity index (χ1) is 4.57. The molecule has 0 bridgehead atoms. The van der Waals surface area contributed by atoms with Gasteiger partial charge in [0.15, 0.2) is 6.10 Å². The van der Waals surface area contributed by atoms with E-state index in [1.54, 1.807) is 0 Å². The smallest absolute Gasteiger partial charge is 0.333 e. The lowest BCUT2D eigenvalue weighted by Gasteiger charge is -2.01. The number of carboxylic acid groups (broad SMARTS) is 1. The first-order valence-electron chi connectivity index (χ1n) is 2.55. The van der Waals surface area contributed by atoms with Crippen LogP contribution in [0.4, 0.5) is 0 Å². The lowest BCUT2D eigenvalue weighted by Crippen LogP contribution is -2.23. The second-order valence-corrected chi connectivity index (χ2v) is 1.63. The molecule has 0 saturated carbocycles. The van der Waals surface area contributed by atoms with Crippen molar-refractivity contribution in [1.29, 1.82) is 0 Å². The Morgan fingerprint density at radius 1 is 1.60 bits per heavy atom. The fourth-order valence-corrected chi connectivity index (χ4v) is 0.329. The van der Waals surface area contributed by atoms with Crippen LogP contribution in [0.25, 0.3) is 0 Å². The van der Waals surface area contributed by atoms with Gasteiger partial charge in [-0.2, -0.15) is 0 Å². The standard InChI is InChI=1S/C5H8O5/c1-10-4(7)2-3(6)5(8)9/h3,6H,2H2,1H3,(H,8,9)/t3-/m0/s1. The Hall–Kier alpha value is -1.10. The third kappa shape index (κ3) is 3.03. The zero-order valence-corrected chi connectivity index (χ0v) is 5.40. The third-order valence-corrected chi connectivity index (χ3v) is 0.873. The van der Waals surface area contributed by atoms with Crippen LogP contribution < -0.4 is 0 Å². The quantitative estimate of drug-likeness (QED) is 0.501. The minimum Gasteiger partial charge on any atom is -0.479 e. The molecule has 0 aromatic heterocycles.